The number of carbonyl (C=O) groups is 1. The molecular formula is C15H21NO4S. The molecular weight excluding hydrogens is 290 g/mol. The second kappa shape index (κ2) is 7.38. The zero-order chi connectivity index (χ0) is 16.0. The van der Waals surface area contributed by atoms with E-state index in [1.54, 1.807) is 19.1 Å². The molecule has 0 heterocycles. The molecule has 116 valence electrons. The maximum atomic E-state index is 12.3. The van der Waals surface area contributed by atoms with Gasteiger partial charge in [-0.2, -0.15) is 0 Å². The van der Waals surface area contributed by atoms with Crippen LogP contribution in [0.25, 0.3) is 6.08 Å². The first-order valence-corrected chi connectivity index (χ1v) is 8.26. The van der Waals surface area contributed by atoms with Gasteiger partial charge in [0.05, 0.1) is 4.90 Å². The van der Waals surface area contributed by atoms with Crippen LogP contribution in [0.5, 0.6) is 0 Å². The molecule has 1 rings (SSSR count). The maximum Gasteiger partial charge on any atom is 0.328 e. The number of aryl methyl sites for hydroxylation is 1. The van der Waals surface area contributed by atoms with Crippen molar-refractivity contribution in [3.05, 3.63) is 35.4 Å². The van der Waals surface area contributed by atoms with Gasteiger partial charge in [0.2, 0.25) is 10.0 Å². The molecule has 2 N–H and O–H groups in total. The van der Waals surface area contributed by atoms with Gasteiger partial charge < -0.3 is 5.11 Å². The lowest BCUT2D eigenvalue weighted by atomic mass is 10.1. The van der Waals surface area contributed by atoms with Gasteiger partial charge in [0.1, 0.15) is 0 Å². The molecule has 0 aliphatic carbocycles. The summed E-state index contributed by atoms with van der Waals surface area (Å²) >= 11 is 0. The van der Waals surface area contributed by atoms with Crippen LogP contribution in [0.1, 0.15) is 31.4 Å². The molecule has 5 nitrogen and oxygen atoms in total. The van der Waals surface area contributed by atoms with Gasteiger partial charge in [-0.25, -0.2) is 17.9 Å². The maximum absolute atomic E-state index is 12.3. The second-order valence-corrected chi connectivity index (χ2v) is 6.80. The van der Waals surface area contributed by atoms with Gasteiger partial charge >= 0.3 is 5.97 Å². The van der Waals surface area contributed by atoms with Crippen LogP contribution < -0.4 is 4.72 Å². The molecule has 1 aromatic carbocycles. The van der Waals surface area contributed by atoms with Crippen LogP contribution in [0.2, 0.25) is 0 Å². The molecule has 0 aromatic heterocycles. The van der Waals surface area contributed by atoms with Gasteiger partial charge in [-0.1, -0.05) is 32.4 Å². The SMILES string of the molecule is CCC(C)CNS(=O)(=O)c1cc(C=CC(=O)O)ccc1C. The van der Waals surface area contributed by atoms with Crippen molar-refractivity contribution in [2.45, 2.75) is 32.1 Å². The molecule has 0 amide bonds. The summed E-state index contributed by atoms with van der Waals surface area (Å²) < 4.78 is 27.2. The van der Waals surface area contributed by atoms with Gasteiger partial charge in [-0.3, -0.25) is 0 Å². The molecule has 21 heavy (non-hydrogen) atoms. The predicted octanol–water partition coefficient (Wildman–Crippen LogP) is 2.42. The molecule has 1 atom stereocenters. The van der Waals surface area contributed by atoms with Crippen molar-refractivity contribution in [2.24, 2.45) is 5.92 Å². The van der Waals surface area contributed by atoms with Crippen molar-refractivity contribution in [2.75, 3.05) is 6.54 Å². The van der Waals surface area contributed by atoms with E-state index in [1.807, 2.05) is 13.8 Å². The second-order valence-electron chi connectivity index (χ2n) is 5.06. The summed E-state index contributed by atoms with van der Waals surface area (Å²) in [4.78, 5) is 10.7. The van der Waals surface area contributed by atoms with E-state index in [2.05, 4.69) is 4.72 Å². The van der Waals surface area contributed by atoms with Gasteiger partial charge in [0.15, 0.2) is 0 Å². The number of sulfonamides is 1. The van der Waals surface area contributed by atoms with E-state index in [4.69, 9.17) is 5.11 Å². The first-order valence-electron chi connectivity index (χ1n) is 6.77. The number of hydrogen-bond donors (Lipinski definition) is 2. The fourth-order valence-electron chi connectivity index (χ4n) is 1.65. The third kappa shape index (κ3) is 5.32. The molecule has 0 saturated carbocycles. The van der Waals surface area contributed by atoms with Crippen LogP contribution in [-0.2, 0) is 14.8 Å². The lowest BCUT2D eigenvalue weighted by molar-refractivity contribution is -0.131. The van der Waals surface area contributed by atoms with Gasteiger partial charge in [-0.05, 0) is 36.1 Å². The normalized spacial score (nSPS) is 13.5. The van der Waals surface area contributed by atoms with Crippen LogP contribution in [0.3, 0.4) is 0 Å². The highest BCUT2D eigenvalue weighted by atomic mass is 32.2. The number of hydrogen-bond acceptors (Lipinski definition) is 3. The van der Waals surface area contributed by atoms with E-state index in [0.717, 1.165) is 12.5 Å². The van der Waals surface area contributed by atoms with E-state index < -0.39 is 16.0 Å². The van der Waals surface area contributed by atoms with Crippen molar-refractivity contribution in [1.29, 1.82) is 0 Å². The van der Waals surface area contributed by atoms with E-state index in [1.165, 1.54) is 12.1 Å². The molecule has 0 aliphatic rings. The van der Waals surface area contributed by atoms with Crippen molar-refractivity contribution in [1.82, 2.24) is 4.72 Å². The fourth-order valence-corrected chi connectivity index (χ4v) is 3.09. The molecule has 0 saturated heterocycles. The summed E-state index contributed by atoms with van der Waals surface area (Å²) in [6.07, 6.45) is 3.24. The van der Waals surface area contributed by atoms with Crippen LogP contribution in [0.4, 0.5) is 0 Å². The molecule has 0 spiro atoms. The highest BCUT2D eigenvalue weighted by molar-refractivity contribution is 7.89. The minimum atomic E-state index is -3.59. The summed E-state index contributed by atoms with van der Waals surface area (Å²) in [5.41, 5.74) is 1.16. The molecule has 6 heteroatoms. The van der Waals surface area contributed by atoms with Crippen LogP contribution >= 0.6 is 0 Å². The zero-order valence-electron chi connectivity index (χ0n) is 12.5. The minimum Gasteiger partial charge on any atom is -0.478 e. The summed E-state index contributed by atoms with van der Waals surface area (Å²) in [6, 6.07) is 4.83. The van der Waals surface area contributed by atoms with Gasteiger partial charge in [0, 0.05) is 12.6 Å². The number of carboxylic acid groups (broad SMARTS) is 1. The van der Waals surface area contributed by atoms with E-state index >= 15 is 0 Å². The number of nitrogens with one attached hydrogen (secondary N) is 1. The highest BCUT2D eigenvalue weighted by Crippen LogP contribution is 2.18. The lowest BCUT2D eigenvalue weighted by Crippen LogP contribution is -2.28. The topological polar surface area (TPSA) is 83.5 Å². The Hall–Kier alpha value is -1.66. The number of benzene rings is 1. The van der Waals surface area contributed by atoms with Crippen molar-refractivity contribution < 1.29 is 18.3 Å². The van der Waals surface area contributed by atoms with Crippen LogP contribution in [-0.4, -0.2) is 26.0 Å². The third-order valence-electron chi connectivity index (χ3n) is 3.24. The molecule has 0 fully saturated rings. The van der Waals surface area contributed by atoms with Gasteiger partial charge in [-0.15, -0.1) is 0 Å². The Morgan fingerprint density at radius 3 is 2.67 bits per heavy atom. The Bertz CT molecular complexity index is 635. The van der Waals surface area contributed by atoms with Crippen molar-refractivity contribution >= 4 is 22.1 Å². The van der Waals surface area contributed by atoms with E-state index in [9.17, 15) is 13.2 Å². The number of aliphatic carboxylic acids is 1. The van der Waals surface area contributed by atoms with Crippen LogP contribution in [0, 0.1) is 12.8 Å². The quantitative estimate of drug-likeness (QED) is 0.757. The smallest absolute Gasteiger partial charge is 0.328 e. The highest BCUT2D eigenvalue weighted by Gasteiger charge is 2.17. The summed E-state index contributed by atoms with van der Waals surface area (Å²) in [5.74, 6) is -0.815. The Balaban J connectivity index is 3.05. The summed E-state index contributed by atoms with van der Waals surface area (Å²) in [6.45, 7) is 6.07. The molecule has 0 aliphatic heterocycles. The largest absolute Gasteiger partial charge is 0.478 e. The summed E-state index contributed by atoms with van der Waals surface area (Å²) in [7, 11) is -3.59. The lowest BCUT2D eigenvalue weighted by Gasteiger charge is -2.13. The molecule has 1 unspecified atom stereocenters. The monoisotopic (exact) mass is 311 g/mol. The average molecular weight is 311 g/mol. The first-order chi connectivity index (χ1) is 9.76. The Kier molecular flexibility index (Phi) is 6.11. The Morgan fingerprint density at radius 2 is 2.10 bits per heavy atom. The Morgan fingerprint density at radius 1 is 1.43 bits per heavy atom. The first kappa shape index (κ1) is 17.4. The van der Waals surface area contributed by atoms with Crippen molar-refractivity contribution in [3.8, 4) is 0 Å². The molecule has 0 bridgehead atoms. The van der Waals surface area contributed by atoms with Crippen LogP contribution in [0.15, 0.2) is 29.2 Å². The molecule has 0 radical (unpaired) electrons. The van der Waals surface area contributed by atoms with E-state index in [-0.39, 0.29) is 10.8 Å². The van der Waals surface area contributed by atoms with Gasteiger partial charge in [0.25, 0.3) is 0 Å². The van der Waals surface area contributed by atoms with E-state index in [0.29, 0.717) is 17.7 Å². The Labute approximate surface area is 125 Å². The average Bonchev–Trinajstić information content (AvgIpc) is 2.43. The number of rotatable bonds is 7. The fraction of sp³-hybridized carbons (Fsp3) is 0.400. The third-order valence-corrected chi connectivity index (χ3v) is 4.80. The zero-order valence-corrected chi connectivity index (χ0v) is 13.3. The molecule has 1 aromatic rings. The predicted molar refractivity (Wildman–Crippen MR) is 82.5 cm³/mol. The standard InChI is InChI=1S/C15H21NO4S/c1-4-11(2)10-16-21(19,20)14-9-13(6-5-12(14)3)7-8-15(17)18/h5-9,11,16H,4,10H2,1-3H3,(H,17,18). The van der Waals surface area contributed by atoms with Crippen molar-refractivity contribution in [3.63, 3.8) is 0 Å². The summed E-state index contributed by atoms with van der Waals surface area (Å²) in [5, 5.41) is 8.61. The number of carboxylic acids is 1. The minimum absolute atomic E-state index is 0.179.